The van der Waals surface area contributed by atoms with Crippen LogP contribution in [0.1, 0.15) is 29.8 Å². The monoisotopic (exact) mass is 311 g/mol. The summed E-state index contributed by atoms with van der Waals surface area (Å²) >= 11 is 0. The summed E-state index contributed by atoms with van der Waals surface area (Å²) < 4.78 is 5.41. The summed E-state index contributed by atoms with van der Waals surface area (Å²) in [4.78, 5) is 26.2. The van der Waals surface area contributed by atoms with Gasteiger partial charge >= 0.3 is 6.09 Å². The number of hydrogen-bond acceptors (Lipinski definition) is 3. The third-order valence-corrected chi connectivity index (χ3v) is 3.61. The molecule has 23 heavy (non-hydrogen) atoms. The summed E-state index contributed by atoms with van der Waals surface area (Å²) in [6.45, 7) is 4.90. The smallest absolute Gasteiger partial charge is 0.409 e. The standard InChI is InChI=1S/C19H21NO3/c1-3-20(4-2)19(22)23-18-13-9-8-12-16(18)17(21)14-15-10-6-5-7-11-15/h5-13H,3-4,14H2,1-2H3. The number of benzene rings is 2. The molecule has 0 aromatic heterocycles. The van der Waals surface area contributed by atoms with E-state index in [1.165, 1.54) is 0 Å². The van der Waals surface area contributed by atoms with Gasteiger partial charge in [0.15, 0.2) is 5.78 Å². The number of rotatable bonds is 6. The van der Waals surface area contributed by atoms with E-state index < -0.39 is 6.09 Å². The zero-order valence-electron chi connectivity index (χ0n) is 13.5. The van der Waals surface area contributed by atoms with Gasteiger partial charge in [0, 0.05) is 19.5 Å². The minimum Gasteiger partial charge on any atom is -0.409 e. The highest BCUT2D eigenvalue weighted by Crippen LogP contribution is 2.21. The lowest BCUT2D eigenvalue weighted by Crippen LogP contribution is -2.33. The Labute approximate surface area is 136 Å². The lowest BCUT2D eigenvalue weighted by Gasteiger charge is -2.18. The largest absolute Gasteiger partial charge is 0.415 e. The third-order valence-electron chi connectivity index (χ3n) is 3.61. The molecule has 120 valence electrons. The molecule has 0 aliphatic rings. The van der Waals surface area contributed by atoms with Gasteiger partial charge in [0.2, 0.25) is 0 Å². The van der Waals surface area contributed by atoms with E-state index >= 15 is 0 Å². The molecule has 0 saturated heterocycles. The van der Waals surface area contributed by atoms with Crippen LogP contribution in [0.5, 0.6) is 5.75 Å². The Balaban J connectivity index is 2.17. The van der Waals surface area contributed by atoms with E-state index in [1.54, 1.807) is 29.2 Å². The molecule has 0 unspecified atom stereocenters. The summed E-state index contributed by atoms with van der Waals surface area (Å²) in [5.74, 6) is 0.240. The SMILES string of the molecule is CCN(CC)C(=O)Oc1ccccc1C(=O)Cc1ccccc1. The number of para-hydroxylation sites is 1. The maximum Gasteiger partial charge on any atom is 0.415 e. The van der Waals surface area contributed by atoms with Crippen LogP contribution in [0.4, 0.5) is 4.79 Å². The summed E-state index contributed by atoms with van der Waals surface area (Å²) in [5, 5.41) is 0. The molecule has 0 bridgehead atoms. The van der Waals surface area contributed by atoms with Crippen molar-refractivity contribution in [1.82, 2.24) is 4.90 Å². The van der Waals surface area contributed by atoms with Gasteiger partial charge in [-0.05, 0) is 31.5 Å². The Bertz CT molecular complexity index is 663. The van der Waals surface area contributed by atoms with Crippen molar-refractivity contribution >= 4 is 11.9 Å². The predicted octanol–water partition coefficient (Wildman–Crippen LogP) is 3.95. The number of carbonyl (C=O) groups excluding carboxylic acids is 2. The lowest BCUT2D eigenvalue weighted by molar-refractivity contribution is 0.0989. The maximum atomic E-state index is 12.5. The average molecular weight is 311 g/mol. The van der Waals surface area contributed by atoms with E-state index in [4.69, 9.17) is 4.74 Å². The first-order valence-corrected chi connectivity index (χ1v) is 7.78. The van der Waals surface area contributed by atoms with E-state index in [0.717, 1.165) is 5.56 Å². The highest BCUT2D eigenvalue weighted by molar-refractivity contribution is 6.00. The van der Waals surface area contributed by atoms with E-state index in [1.807, 2.05) is 44.2 Å². The molecule has 0 radical (unpaired) electrons. The van der Waals surface area contributed by atoms with Gasteiger partial charge in [0.1, 0.15) is 5.75 Å². The van der Waals surface area contributed by atoms with Gasteiger partial charge in [0.05, 0.1) is 5.56 Å². The van der Waals surface area contributed by atoms with E-state index in [0.29, 0.717) is 24.4 Å². The van der Waals surface area contributed by atoms with Gasteiger partial charge in [-0.15, -0.1) is 0 Å². The number of hydrogen-bond donors (Lipinski definition) is 0. The summed E-state index contributed by atoms with van der Waals surface area (Å²) in [6, 6.07) is 16.4. The molecule has 2 rings (SSSR count). The van der Waals surface area contributed by atoms with Crippen molar-refractivity contribution in [1.29, 1.82) is 0 Å². The fraction of sp³-hybridized carbons (Fsp3) is 0.263. The van der Waals surface area contributed by atoms with Crippen LogP contribution in [0.3, 0.4) is 0 Å². The Morgan fingerprint density at radius 2 is 1.52 bits per heavy atom. The molecular formula is C19H21NO3. The molecule has 4 heteroatoms. The number of ketones is 1. The molecule has 0 fully saturated rings. The summed E-state index contributed by atoms with van der Waals surface area (Å²) in [5.41, 5.74) is 1.36. The van der Waals surface area contributed by atoms with Gasteiger partial charge in [-0.2, -0.15) is 0 Å². The quantitative estimate of drug-likeness (QED) is 0.759. The first-order chi connectivity index (χ1) is 11.2. The molecule has 4 nitrogen and oxygen atoms in total. The van der Waals surface area contributed by atoms with Gasteiger partial charge in [-0.25, -0.2) is 4.79 Å². The van der Waals surface area contributed by atoms with Crippen LogP contribution in [-0.4, -0.2) is 29.9 Å². The van der Waals surface area contributed by atoms with Crippen molar-refractivity contribution in [2.24, 2.45) is 0 Å². The van der Waals surface area contributed by atoms with Crippen molar-refractivity contribution in [3.8, 4) is 5.75 Å². The van der Waals surface area contributed by atoms with Gasteiger partial charge in [-0.1, -0.05) is 42.5 Å². The first-order valence-electron chi connectivity index (χ1n) is 7.78. The molecule has 0 heterocycles. The number of Topliss-reactive ketones (excluding diaryl/α,β-unsaturated/α-hetero) is 1. The van der Waals surface area contributed by atoms with Crippen LogP contribution in [0.25, 0.3) is 0 Å². The van der Waals surface area contributed by atoms with Crippen LogP contribution in [0.15, 0.2) is 54.6 Å². The van der Waals surface area contributed by atoms with Gasteiger partial charge in [-0.3, -0.25) is 4.79 Å². The number of ether oxygens (including phenoxy) is 1. The lowest BCUT2D eigenvalue weighted by atomic mass is 10.0. The third kappa shape index (κ3) is 4.42. The van der Waals surface area contributed by atoms with Crippen molar-refractivity contribution in [3.05, 3.63) is 65.7 Å². The number of carbonyl (C=O) groups is 2. The van der Waals surface area contributed by atoms with Gasteiger partial charge < -0.3 is 9.64 Å². The molecule has 1 amide bonds. The first kappa shape index (κ1) is 16.7. The van der Waals surface area contributed by atoms with E-state index in [9.17, 15) is 9.59 Å². The molecule has 0 atom stereocenters. The second-order valence-corrected chi connectivity index (χ2v) is 5.12. The van der Waals surface area contributed by atoms with Crippen LogP contribution in [0.2, 0.25) is 0 Å². The Morgan fingerprint density at radius 3 is 2.17 bits per heavy atom. The molecule has 0 spiro atoms. The summed E-state index contributed by atoms with van der Waals surface area (Å²) in [7, 11) is 0. The topological polar surface area (TPSA) is 46.6 Å². The van der Waals surface area contributed by atoms with Gasteiger partial charge in [0.25, 0.3) is 0 Å². The minimum atomic E-state index is -0.435. The minimum absolute atomic E-state index is 0.0702. The van der Waals surface area contributed by atoms with Crippen molar-refractivity contribution in [2.75, 3.05) is 13.1 Å². The number of amides is 1. The molecule has 0 N–H and O–H groups in total. The zero-order chi connectivity index (χ0) is 16.7. The molecule has 2 aromatic carbocycles. The normalized spacial score (nSPS) is 10.2. The van der Waals surface area contributed by atoms with E-state index in [2.05, 4.69) is 0 Å². The van der Waals surface area contributed by atoms with Crippen LogP contribution in [0, 0.1) is 0 Å². The van der Waals surface area contributed by atoms with Crippen LogP contribution >= 0.6 is 0 Å². The van der Waals surface area contributed by atoms with Crippen LogP contribution < -0.4 is 4.74 Å². The highest BCUT2D eigenvalue weighted by atomic mass is 16.6. The second-order valence-electron chi connectivity index (χ2n) is 5.12. The fourth-order valence-corrected chi connectivity index (χ4v) is 2.30. The van der Waals surface area contributed by atoms with E-state index in [-0.39, 0.29) is 12.2 Å². The molecular weight excluding hydrogens is 290 g/mol. The molecule has 0 aliphatic heterocycles. The maximum absolute atomic E-state index is 12.5. The second kappa shape index (κ2) is 8.13. The Morgan fingerprint density at radius 1 is 0.913 bits per heavy atom. The Kier molecular flexibility index (Phi) is 5.92. The molecule has 2 aromatic rings. The van der Waals surface area contributed by atoms with Crippen LogP contribution in [-0.2, 0) is 6.42 Å². The zero-order valence-corrected chi connectivity index (χ0v) is 13.5. The van der Waals surface area contributed by atoms with Crippen molar-refractivity contribution < 1.29 is 14.3 Å². The molecule has 0 aliphatic carbocycles. The highest BCUT2D eigenvalue weighted by Gasteiger charge is 2.17. The summed E-state index contributed by atoms with van der Waals surface area (Å²) in [6.07, 6.45) is -0.157. The predicted molar refractivity (Wildman–Crippen MR) is 89.9 cm³/mol. The Hall–Kier alpha value is -2.62. The average Bonchev–Trinajstić information content (AvgIpc) is 2.57. The van der Waals surface area contributed by atoms with Crippen molar-refractivity contribution in [3.63, 3.8) is 0 Å². The van der Waals surface area contributed by atoms with Crippen molar-refractivity contribution in [2.45, 2.75) is 20.3 Å². The number of nitrogens with zero attached hydrogens (tertiary/aromatic N) is 1. The molecule has 0 saturated carbocycles. The fourth-order valence-electron chi connectivity index (χ4n) is 2.30.